The summed E-state index contributed by atoms with van der Waals surface area (Å²) in [5.74, 6) is -0.580. The molecule has 7 heteroatoms. The van der Waals surface area contributed by atoms with Gasteiger partial charge in [-0.15, -0.1) is 11.3 Å². The van der Waals surface area contributed by atoms with Gasteiger partial charge in [0, 0.05) is 34.3 Å². The number of carbonyl (C=O) groups excluding carboxylic acids is 3. The number of rotatable bonds is 6. The van der Waals surface area contributed by atoms with E-state index >= 15 is 0 Å². The Morgan fingerprint density at radius 3 is 2.35 bits per heavy atom. The lowest BCUT2D eigenvalue weighted by atomic mass is 9.86. The first kappa shape index (κ1) is 22.3. The van der Waals surface area contributed by atoms with E-state index in [1.54, 1.807) is 40.5 Å². The van der Waals surface area contributed by atoms with Crippen molar-refractivity contribution < 1.29 is 14.4 Å². The molecule has 0 bridgehead atoms. The Hall–Kier alpha value is -3.45. The minimum absolute atomic E-state index is 0.0253. The highest BCUT2D eigenvalue weighted by atomic mass is 32.1. The number of carbonyl (C=O) groups is 3. The van der Waals surface area contributed by atoms with Crippen LogP contribution in [0.5, 0.6) is 0 Å². The van der Waals surface area contributed by atoms with Crippen LogP contribution in [-0.4, -0.2) is 23.8 Å². The minimum Gasteiger partial charge on any atom is -0.349 e. The summed E-state index contributed by atoms with van der Waals surface area (Å²) in [4.78, 5) is 41.5. The zero-order chi connectivity index (χ0) is 23.7. The highest BCUT2D eigenvalue weighted by Gasteiger charge is 2.42. The third kappa shape index (κ3) is 4.75. The van der Waals surface area contributed by atoms with Crippen LogP contribution in [0.3, 0.4) is 0 Å². The molecule has 1 aliphatic carbocycles. The Kier molecular flexibility index (Phi) is 6.20. The van der Waals surface area contributed by atoms with E-state index in [1.165, 1.54) is 0 Å². The van der Waals surface area contributed by atoms with Gasteiger partial charge in [-0.2, -0.15) is 0 Å². The van der Waals surface area contributed by atoms with Gasteiger partial charge < -0.3 is 15.5 Å². The van der Waals surface area contributed by atoms with Crippen molar-refractivity contribution in [3.8, 4) is 0 Å². The molecule has 174 valence electrons. The van der Waals surface area contributed by atoms with Gasteiger partial charge in [-0.25, -0.2) is 0 Å². The number of piperidine rings is 1. The second-order valence-corrected chi connectivity index (χ2v) is 10.00. The van der Waals surface area contributed by atoms with Crippen molar-refractivity contribution in [2.75, 3.05) is 10.2 Å². The second kappa shape index (κ2) is 9.43. The molecule has 2 unspecified atom stereocenters. The first-order chi connectivity index (χ1) is 16.5. The summed E-state index contributed by atoms with van der Waals surface area (Å²) in [5.41, 5.74) is 3.13. The van der Waals surface area contributed by atoms with Gasteiger partial charge in [0.15, 0.2) is 0 Å². The minimum atomic E-state index is -0.393. The average molecular weight is 474 g/mol. The van der Waals surface area contributed by atoms with Gasteiger partial charge in [-0.05, 0) is 74.0 Å². The summed E-state index contributed by atoms with van der Waals surface area (Å²) in [5, 5.41) is 7.96. The number of thiophene rings is 1. The summed E-state index contributed by atoms with van der Waals surface area (Å²) < 4.78 is 0. The summed E-state index contributed by atoms with van der Waals surface area (Å²) in [6, 6.07) is 18.7. The summed E-state index contributed by atoms with van der Waals surface area (Å²) in [6.07, 6.45) is 2.87. The quantitative estimate of drug-likeness (QED) is 0.525. The molecule has 2 aromatic carbocycles. The molecule has 6 nitrogen and oxygen atoms in total. The normalized spacial score (nSPS) is 20.1. The highest BCUT2D eigenvalue weighted by molar-refractivity contribution is 7.10. The Labute approximate surface area is 203 Å². The van der Waals surface area contributed by atoms with E-state index < -0.39 is 5.92 Å². The smallest absolute Gasteiger partial charge is 0.251 e. The summed E-state index contributed by atoms with van der Waals surface area (Å²) in [6.45, 7) is 2.01. The fraction of sp³-hybridized carbons (Fsp3) is 0.296. The molecule has 0 radical (unpaired) electrons. The molecule has 1 aromatic heterocycles. The lowest BCUT2D eigenvalue weighted by Crippen LogP contribution is -2.46. The number of aryl methyl sites for hydroxylation is 1. The Morgan fingerprint density at radius 2 is 1.71 bits per heavy atom. The molecule has 2 heterocycles. The van der Waals surface area contributed by atoms with Crippen LogP contribution in [0, 0.1) is 12.8 Å². The number of anilines is 2. The third-order valence-electron chi connectivity index (χ3n) is 6.41. The van der Waals surface area contributed by atoms with Crippen molar-refractivity contribution in [2.24, 2.45) is 5.92 Å². The maximum absolute atomic E-state index is 13.5. The largest absolute Gasteiger partial charge is 0.349 e. The van der Waals surface area contributed by atoms with E-state index in [4.69, 9.17) is 0 Å². The van der Waals surface area contributed by atoms with E-state index in [1.807, 2.05) is 48.7 Å². The molecular weight excluding hydrogens is 446 g/mol. The molecule has 34 heavy (non-hydrogen) atoms. The lowest BCUT2D eigenvalue weighted by molar-refractivity contribution is -0.125. The van der Waals surface area contributed by atoms with Crippen LogP contribution in [0.4, 0.5) is 11.4 Å². The monoisotopic (exact) mass is 473 g/mol. The van der Waals surface area contributed by atoms with Crippen LogP contribution in [0.25, 0.3) is 0 Å². The highest BCUT2D eigenvalue weighted by Crippen LogP contribution is 2.42. The molecule has 3 amide bonds. The molecule has 1 saturated carbocycles. The van der Waals surface area contributed by atoms with Crippen LogP contribution in [-0.2, 0) is 9.59 Å². The average Bonchev–Trinajstić information content (AvgIpc) is 3.48. The number of nitrogens with one attached hydrogen (secondary N) is 2. The zero-order valence-corrected chi connectivity index (χ0v) is 19.8. The number of hydrogen-bond acceptors (Lipinski definition) is 4. The molecule has 2 fully saturated rings. The number of nitrogens with zero attached hydrogens (tertiary/aromatic N) is 1. The number of hydrogen-bond donors (Lipinski definition) is 2. The summed E-state index contributed by atoms with van der Waals surface area (Å²) >= 11 is 1.56. The Balaban J connectivity index is 1.37. The van der Waals surface area contributed by atoms with Crippen molar-refractivity contribution in [1.82, 2.24) is 5.32 Å². The molecule has 5 rings (SSSR count). The van der Waals surface area contributed by atoms with Crippen molar-refractivity contribution in [1.29, 1.82) is 0 Å². The Morgan fingerprint density at radius 1 is 0.971 bits per heavy atom. The van der Waals surface area contributed by atoms with Crippen LogP contribution in [0.15, 0.2) is 66.0 Å². The van der Waals surface area contributed by atoms with Gasteiger partial charge in [0.25, 0.3) is 5.91 Å². The SMILES string of the molecule is Cc1ccc(N2C(=O)CCC(C(=O)Nc3ccc(C(=O)NC4CC4)cc3)C2c2cccs2)cc1. The first-order valence-corrected chi connectivity index (χ1v) is 12.5. The van der Waals surface area contributed by atoms with Gasteiger partial charge >= 0.3 is 0 Å². The fourth-order valence-electron chi connectivity index (χ4n) is 4.40. The maximum atomic E-state index is 13.5. The van der Waals surface area contributed by atoms with E-state index in [2.05, 4.69) is 10.6 Å². The van der Waals surface area contributed by atoms with Crippen molar-refractivity contribution >= 4 is 40.4 Å². The number of benzene rings is 2. The van der Waals surface area contributed by atoms with Crippen molar-refractivity contribution in [3.05, 3.63) is 82.0 Å². The van der Waals surface area contributed by atoms with Gasteiger partial charge in [0.05, 0.1) is 12.0 Å². The van der Waals surface area contributed by atoms with E-state index in [-0.39, 0.29) is 23.8 Å². The maximum Gasteiger partial charge on any atom is 0.251 e. The topological polar surface area (TPSA) is 78.5 Å². The summed E-state index contributed by atoms with van der Waals surface area (Å²) in [7, 11) is 0. The standard InChI is InChI=1S/C27H27N3O3S/c1-17-4-12-21(13-5-17)30-24(31)15-14-22(25(30)23-3-2-16-34-23)27(33)29-19-8-6-18(7-9-19)26(32)28-20-10-11-20/h2-9,12-13,16,20,22,25H,10-11,14-15H2,1H3,(H,28,32)(H,29,33). The lowest BCUT2D eigenvalue weighted by Gasteiger charge is -2.40. The van der Waals surface area contributed by atoms with Crippen molar-refractivity contribution in [2.45, 2.75) is 44.7 Å². The van der Waals surface area contributed by atoms with Crippen molar-refractivity contribution in [3.63, 3.8) is 0 Å². The third-order valence-corrected chi connectivity index (χ3v) is 7.35. The predicted molar refractivity (Wildman–Crippen MR) is 134 cm³/mol. The molecule has 2 aliphatic rings. The van der Waals surface area contributed by atoms with Gasteiger partial charge in [-0.1, -0.05) is 23.8 Å². The molecule has 2 atom stereocenters. The predicted octanol–water partition coefficient (Wildman–Crippen LogP) is 5.07. The molecule has 1 saturated heterocycles. The van der Waals surface area contributed by atoms with Crippen LogP contribution in [0.2, 0.25) is 0 Å². The molecule has 2 N–H and O–H groups in total. The molecular formula is C27H27N3O3S. The molecule has 0 spiro atoms. The molecule has 1 aliphatic heterocycles. The van der Waals surface area contributed by atoms with E-state index in [0.29, 0.717) is 30.1 Å². The van der Waals surface area contributed by atoms with Gasteiger partial charge in [0.2, 0.25) is 11.8 Å². The zero-order valence-electron chi connectivity index (χ0n) is 19.0. The van der Waals surface area contributed by atoms with Gasteiger partial charge in [-0.3, -0.25) is 14.4 Å². The fourth-order valence-corrected chi connectivity index (χ4v) is 5.28. The van der Waals surface area contributed by atoms with Crippen LogP contribution in [0.1, 0.15) is 52.5 Å². The Bertz CT molecular complexity index is 1180. The van der Waals surface area contributed by atoms with Gasteiger partial charge in [0.1, 0.15) is 0 Å². The van der Waals surface area contributed by atoms with Crippen LogP contribution >= 0.6 is 11.3 Å². The molecule has 3 aromatic rings. The second-order valence-electron chi connectivity index (χ2n) is 9.02. The first-order valence-electron chi connectivity index (χ1n) is 11.6. The van der Waals surface area contributed by atoms with E-state index in [9.17, 15) is 14.4 Å². The van der Waals surface area contributed by atoms with Crippen LogP contribution < -0.4 is 15.5 Å². The van der Waals surface area contributed by atoms with E-state index in [0.717, 1.165) is 29.0 Å². The number of amides is 3.